The molecule has 0 fully saturated rings. The Balaban J connectivity index is 1.40. The van der Waals surface area contributed by atoms with Gasteiger partial charge in [-0.1, -0.05) is 6.07 Å². The molecule has 3 aromatic rings. The second-order valence-electron chi connectivity index (χ2n) is 6.92. The zero-order valence-electron chi connectivity index (χ0n) is 14.7. The summed E-state index contributed by atoms with van der Waals surface area (Å²) < 4.78 is 0. The summed E-state index contributed by atoms with van der Waals surface area (Å²) in [6.07, 6.45) is 5.64. The van der Waals surface area contributed by atoms with Gasteiger partial charge in [0.15, 0.2) is 0 Å². The third-order valence-electron chi connectivity index (χ3n) is 4.85. The first kappa shape index (κ1) is 16.3. The maximum Gasteiger partial charge on any atom is 0.267 e. The molecule has 1 aromatic carbocycles. The molecule has 0 saturated carbocycles. The van der Waals surface area contributed by atoms with Crippen molar-refractivity contribution in [1.29, 1.82) is 0 Å². The second kappa shape index (κ2) is 6.64. The lowest BCUT2D eigenvalue weighted by atomic mass is 10.0. The smallest absolute Gasteiger partial charge is 0.267 e. The first-order chi connectivity index (χ1) is 12.1. The summed E-state index contributed by atoms with van der Waals surface area (Å²) in [5.41, 5.74) is 5.33. The van der Waals surface area contributed by atoms with Gasteiger partial charge >= 0.3 is 0 Å². The average Bonchev–Trinajstić information content (AvgIpc) is 3.18. The van der Waals surface area contributed by atoms with Crippen LogP contribution in [0.2, 0.25) is 0 Å². The van der Waals surface area contributed by atoms with Crippen molar-refractivity contribution in [2.75, 3.05) is 6.54 Å². The number of hydrogen-bond acceptors (Lipinski definition) is 3. The molecule has 25 heavy (non-hydrogen) atoms. The van der Waals surface area contributed by atoms with E-state index in [1.165, 1.54) is 41.0 Å². The van der Waals surface area contributed by atoms with Gasteiger partial charge in [-0.15, -0.1) is 11.3 Å². The SMILES string of the molecule is Cc1cc(C)c2cc(C(=O)NCCc3nc4c(s3)CCCC4)[nH]c2c1. The fraction of sp³-hybridized carbons (Fsp3) is 0.400. The predicted octanol–water partition coefficient (Wildman–Crippen LogP) is 4.09. The summed E-state index contributed by atoms with van der Waals surface area (Å²) in [4.78, 5) is 21.9. The number of aromatic nitrogens is 2. The van der Waals surface area contributed by atoms with Gasteiger partial charge in [-0.05, 0) is 62.8 Å². The van der Waals surface area contributed by atoms with Gasteiger partial charge in [0.25, 0.3) is 5.91 Å². The molecular weight excluding hydrogens is 330 g/mol. The van der Waals surface area contributed by atoms with Crippen molar-refractivity contribution in [3.8, 4) is 0 Å². The van der Waals surface area contributed by atoms with Crippen LogP contribution in [-0.2, 0) is 19.3 Å². The van der Waals surface area contributed by atoms with Gasteiger partial charge in [0.1, 0.15) is 5.69 Å². The highest BCUT2D eigenvalue weighted by atomic mass is 32.1. The Bertz CT molecular complexity index is 914. The molecule has 2 N–H and O–H groups in total. The monoisotopic (exact) mass is 353 g/mol. The zero-order valence-corrected chi connectivity index (χ0v) is 15.6. The van der Waals surface area contributed by atoms with Crippen molar-refractivity contribution < 1.29 is 4.79 Å². The summed E-state index contributed by atoms with van der Waals surface area (Å²) in [5, 5.41) is 5.28. The van der Waals surface area contributed by atoms with Crippen LogP contribution in [0.25, 0.3) is 10.9 Å². The van der Waals surface area contributed by atoms with Gasteiger partial charge in [0, 0.05) is 28.7 Å². The molecule has 1 aliphatic rings. The van der Waals surface area contributed by atoms with Crippen molar-refractivity contribution in [1.82, 2.24) is 15.3 Å². The lowest BCUT2D eigenvalue weighted by Gasteiger charge is -2.06. The molecule has 0 saturated heterocycles. The number of fused-ring (bicyclic) bond motifs is 2. The number of thiazole rings is 1. The lowest BCUT2D eigenvalue weighted by molar-refractivity contribution is 0.0950. The number of benzene rings is 1. The van der Waals surface area contributed by atoms with E-state index in [4.69, 9.17) is 4.98 Å². The topological polar surface area (TPSA) is 57.8 Å². The fourth-order valence-corrected chi connectivity index (χ4v) is 4.77. The molecule has 5 heteroatoms. The van der Waals surface area contributed by atoms with Gasteiger partial charge < -0.3 is 10.3 Å². The Morgan fingerprint density at radius 1 is 1.24 bits per heavy atom. The van der Waals surface area contributed by atoms with E-state index in [2.05, 4.69) is 36.3 Å². The number of aryl methyl sites for hydroxylation is 4. The Labute approximate surface area is 151 Å². The average molecular weight is 353 g/mol. The number of nitrogens with one attached hydrogen (secondary N) is 2. The number of nitrogens with zero attached hydrogens (tertiary/aromatic N) is 1. The molecule has 0 bridgehead atoms. The number of carbonyl (C=O) groups excluding carboxylic acids is 1. The molecule has 1 amide bonds. The first-order valence-corrected chi connectivity index (χ1v) is 9.77. The molecule has 4 nitrogen and oxygen atoms in total. The van der Waals surface area contributed by atoms with Crippen molar-refractivity contribution in [2.24, 2.45) is 0 Å². The van der Waals surface area contributed by atoms with Gasteiger partial charge in [-0.2, -0.15) is 0 Å². The van der Waals surface area contributed by atoms with Gasteiger partial charge in [-0.25, -0.2) is 4.98 Å². The van der Waals surface area contributed by atoms with Gasteiger partial charge in [0.2, 0.25) is 0 Å². The van der Waals surface area contributed by atoms with Crippen LogP contribution in [0.15, 0.2) is 18.2 Å². The van der Waals surface area contributed by atoms with Gasteiger partial charge in [0.05, 0.1) is 10.7 Å². The summed E-state index contributed by atoms with van der Waals surface area (Å²) in [7, 11) is 0. The van der Waals surface area contributed by atoms with E-state index in [9.17, 15) is 4.79 Å². The van der Waals surface area contributed by atoms with Crippen molar-refractivity contribution >= 4 is 28.1 Å². The van der Waals surface area contributed by atoms with Crippen LogP contribution < -0.4 is 5.32 Å². The van der Waals surface area contributed by atoms with Crippen LogP contribution in [-0.4, -0.2) is 22.4 Å². The van der Waals surface area contributed by atoms with Crippen LogP contribution in [0.5, 0.6) is 0 Å². The zero-order chi connectivity index (χ0) is 17.4. The third kappa shape index (κ3) is 3.33. The van der Waals surface area contributed by atoms with E-state index in [1.807, 2.05) is 17.4 Å². The van der Waals surface area contributed by atoms with Crippen LogP contribution >= 0.6 is 11.3 Å². The maximum absolute atomic E-state index is 12.4. The molecule has 1 aliphatic carbocycles. The van der Waals surface area contributed by atoms with E-state index >= 15 is 0 Å². The summed E-state index contributed by atoms with van der Waals surface area (Å²) in [6, 6.07) is 6.17. The fourth-order valence-electron chi connectivity index (χ4n) is 3.61. The number of rotatable bonds is 4. The third-order valence-corrected chi connectivity index (χ3v) is 6.07. The highest BCUT2D eigenvalue weighted by Crippen LogP contribution is 2.26. The van der Waals surface area contributed by atoms with E-state index in [0.29, 0.717) is 12.2 Å². The Hall–Kier alpha value is -2.14. The Morgan fingerprint density at radius 2 is 2.08 bits per heavy atom. The lowest BCUT2D eigenvalue weighted by Crippen LogP contribution is -2.25. The first-order valence-electron chi connectivity index (χ1n) is 8.96. The normalized spacial score (nSPS) is 13.8. The summed E-state index contributed by atoms with van der Waals surface area (Å²) in [6.45, 7) is 4.77. The maximum atomic E-state index is 12.4. The van der Waals surface area contributed by atoms with E-state index in [1.54, 1.807) is 0 Å². The minimum atomic E-state index is -0.0467. The highest BCUT2D eigenvalue weighted by molar-refractivity contribution is 7.11. The number of hydrogen-bond donors (Lipinski definition) is 2. The Morgan fingerprint density at radius 3 is 2.92 bits per heavy atom. The minimum absolute atomic E-state index is 0.0467. The van der Waals surface area contributed by atoms with Crippen molar-refractivity contribution in [3.63, 3.8) is 0 Å². The summed E-state index contributed by atoms with van der Waals surface area (Å²) in [5.74, 6) is -0.0467. The standard InChI is InChI=1S/C20H23N3OS/c1-12-9-13(2)14-11-17(22-16(14)10-12)20(24)21-8-7-19-23-15-5-3-4-6-18(15)25-19/h9-11,22H,3-8H2,1-2H3,(H,21,24). The largest absolute Gasteiger partial charge is 0.351 e. The van der Waals surface area contributed by atoms with Crippen molar-refractivity contribution in [3.05, 3.63) is 50.6 Å². The molecule has 0 radical (unpaired) electrons. The van der Waals surface area contributed by atoms with Crippen molar-refractivity contribution in [2.45, 2.75) is 46.0 Å². The highest BCUT2D eigenvalue weighted by Gasteiger charge is 2.15. The van der Waals surface area contributed by atoms with Crippen LogP contribution in [0, 0.1) is 13.8 Å². The van der Waals surface area contributed by atoms with Crippen LogP contribution in [0.1, 0.15) is 50.0 Å². The molecule has 2 aromatic heterocycles. The molecule has 2 heterocycles. The predicted molar refractivity (Wildman–Crippen MR) is 103 cm³/mol. The summed E-state index contributed by atoms with van der Waals surface area (Å²) >= 11 is 1.82. The van der Waals surface area contributed by atoms with E-state index < -0.39 is 0 Å². The molecule has 0 aliphatic heterocycles. The van der Waals surface area contributed by atoms with E-state index in [0.717, 1.165) is 28.8 Å². The number of amides is 1. The Kier molecular flexibility index (Phi) is 4.34. The number of aromatic amines is 1. The van der Waals surface area contributed by atoms with E-state index in [-0.39, 0.29) is 5.91 Å². The van der Waals surface area contributed by atoms with Crippen LogP contribution in [0.3, 0.4) is 0 Å². The molecular formula is C20H23N3OS. The molecule has 0 unspecified atom stereocenters. The number of carbonyl (C=O) groups is 1. The molecule has 130 valence electrons. The molecule has 0 spiro atoms. The number of H-pyrrole nitrogens is 1. The molecule has 0 atom stereocenters. The molecule has 4 rings (SSSR count). The minimum Gasteiger partial charge on any atom is -0.351 e. The quantitative estimate of drug-likeness (QED) is 0.742. The second-order valence-corrected chi connectivity index (χ2v) is 8.08. The van der Waals surface area contributed by atoms with Gasteiger partial charge in [-0.3, -0.25) is 4.79 Å². The van der Waals surface area contributed by atoms with Crippen LogP contribution in [0.4, 0.5) is 0 Å².